The number of halogens is 1. The van der Waals surface area contributed by atoms with Gasteiger partial charge in [-0.25, -0.2) is 8.42 Å². The second kappa shape index (κ2) is 5.33. The van der Waals surface area contributed by atoms with Crippen molar-refractivity contribution >= 4 is 19.7 Å². The Kier molecular flexibility index (Phi) is 4.67. The van der Waals surface area contributed by atoms with Crippen LogP contribution in [0.15, 0.2) is 0 Å². The molecule has 84 valence electrons. The zero-order valence-corrected chi connectivity index (χ0v) is 10.1. The van der Waals surface area contributed by atoms with Gasteiger partial charge in [-0.3, -0.25) is 0 Å². The van der Waals surface area contributed by atoms with Gasteiger partial charge in [-0.15, -0.1) is 0 Å². The molecule has 14 heavy (non-hydrogen) atoms. The van der Waals surface area contributed by atoms with E-state index in [-0.39, 0.29) is 5.75 Å². The van der Waals surface area contributed by atoms with Crippen LogP contribution in [0.4, 0.5) is 0 Å². The van der Waals surface area contributed by atoms with E-state index in [4.69, 9.17) is 10.7 Å². The van der Waals surface area contributed by atoms with Gasteiger partial charge in [-0.05, 0) is 38.3 Å². The molecule has 1 aliphatic rings. The van der Waals surface area contributed by atoms with Crippen molar-refractivity contribution in [3.63, 3.8) is 0 Å². The van der Waals surface area contributed by atoms with E-state index in [9.17, 15) is 8.42 Å². The van der Waals surface area contributed by atoms with Crippen molar-refractivity contribution in [2.24, 2.45) is 5.92 Å². The maximum atomic E-state index is 10.7. The van der Waals surface area contributed by atoms with Crippen LogP contribution in [0.25, 0.3) is 0 Å². The first-order valence-corrected chi connectivity index (χ1v) is 7.64. The first-order chi connectivity index (χ1) is 6.51. The van der Waals surface area contributed by atoms with E-state index in [1.54, 1.807) is 0 Å². The van der Waals surface area contributed by atoms with Gasteiger partial charge in [0, 0.05) is 17.2 Å². The third-order valence-corrected chi connectivity index (χ3v) is 3.76. The molecule has 0 aromatic rings. The maximum absolute atomic E-state index is 10.7. The maximum Gasteiger partial charge on any atom is 0.232 e. The van der Waals surface area contributed by atoms with Gasteiger partial charge in [0.05, 0.1) is 5.75 Å². The van der Waals surface area contributed by atoms with Gasteiger partial charge < -0.3 is 4.90 Å². The minimum atomic E-state index is -3.30. The summed E-state index contributed by atoms with van der Waals surface area (Å²) in [5, 5.41) is 0. The molecule has 0 radical (unpaired) electrons. The minimum Gasteiger partial charge on any atom is -0.303 e. The van der Waals surface area contributed by atoms with Gasteiger partial charge in [0.25, 0.3) is 0 Å². The van der Waals surface area contributed by atoms with E-state index in [0.29, 0.717) is 6.42 Å². The fourth-order valence-electron chi connectivity index (χ4n) is 1.50. The molecule has 0 aliphatic heterocycles. The first kappa shape index (κ1) is 12.3. The third-order valence-electron chi connectivity index (χ3n) is 2.52. The number of hydrogen-bond donors (Lipinski definition) is 0. The second-order valence-electron chi connectivity index (χ2n) is 3.93. The van der Waals surface area contributed by atoms with Crippen LogP contribution in [0.3, 0.4) is 0 Å². The number of nitrogens with zero attached hydrogens (tertiary/aromatic N) is 1. The average molecular weight is 240 g/mol. The van der Waals surface area contributed by atoms with E-state index in [1.807, 2.05) is 0 Å². The van der Waals surface area contributed by atoms with Crippen LogP contribution < -0.4 is 0 Å². The summed E-state index contributed by atoms with van der Waals surface area (Å²) in [5.41, 5.74) is 0. The number of rotatable bonds is 7. The quantitative estimate of drug-likeness (QED) is 0.635. The molecule has 1 rings (SSSR count). The van der Waals surface area contributed by atoms with Crippen LogP contribution in [0.1, 0.15) is 26.2 Å². The van der Waals surface area contributed by atoms with Crippen LogP contribution >= 0.6 is 10.7 Å². The van der Waals surface area contributed by atoms with E-state index >= 15 is 0 Å². The van der Waals surface area contributed by atoms with Crippen molar-refractivity contribution < 1.29 is 8.42 Å². The number of hydrogen-bond acceptors (Lipinski definition) is 3. The zero-order valence-electron chi connectivity index (χ0n) is 8.58. The molecule has 0 aromatic heterocycles. The Morgan fingerprint density at radius 3 is 2.50 bits per heavy atom. The molecule has 0 saturated heterocycles. The van der Waals surface area contributed by atoms with Gasteiger partial charge in [-0.1, -0.05) is 6.92 Å². The summed E-state index contributed by atoms with van der Waals surface area (Å²) in [6.45, 7) is 5.08. The average Bonchev–Trinajstić information content (AvgIpc) is 2.84. The fourth-order valence-corrected chi connectivity index (χ4v) is 2.31. The van der Waals surface area contributed by atoms with E-state index < -0.39 is 9.05 Å². The Morgan fingerprint density at radius 1 is 1.43 bits per heavy atom. The van der Waals surface area contributed by atoms with Crippen molar-refractivity contribution in [3.05, 3.63) is 0 Å². The molecular formula is C9H18ClNO2S. The molecular weight excluding hydrogens is 222 g/mol. The Morgan fingerprint density at radius 2 is 2.07 bits per heavy atom. The van der Waals surface area contributed by atoms with Crippen LogP contribution in [-0.4, -0.2) is 38.7 Å². The highest BCUT2D eigenvalue weighted by Gasteiger charge is 2.23. The molecule has 3 nitrogen and oxygen atoms in total. The Bertz CT molecular complexity index is 262. The predicted octanol–water partition coefficient (Wildman–Crippen LogP) is 1.68. The highest BCUT2D eigenvalue weighted by atomic mass is 35.7. The minimum absolute atomic E-state index is 0.0930. The lowest BCUT2D eigenvalue weighted by atomic mass is 10.3. The summed E-state index contributed by atoms with van der Waals surface area (Å²) >= 11 is 0. The third kappa shape index (κ3) is 5.83. The predicted molar refractivity (Wildman–Crippen MR) is 59.1 cm³/mol. The summed E-state index contributed by atoms with van der Waals surface area (Å²) in [5.74, 6) is 0.956. The van der Waals surface area contributed by atoms with Crippen LogP contribution in [-0.2, 0) is 9.05 Å². The van der Waals surface area contributed by atoms with Gasteiger partial charge in [0.15, 0.2) is 0 Å². The Labute approximate surface area is 90.8 Å². The van der Waals surface area contributed by atoms with Crippen LogP contribution in [0.5, 0.6) is 0 Å². The van der Waals surface area contributed by atoms with E-state index in [1.165, 1.54) is 12.8 Å². The Hall–Kier alpha value is 0.200. The second-order valence-corrected chi connectivity index (χ2v) is 6.83. The van der Waals surface area contributed by atoms with Crippen LogP contribution in [0.2, 0.25) is 0 Å². The lowest BCUT2D eigenvalue weighted by Crippen LogP contribution is -2.27. The molecule has 1 saturated carbocycles. The van der Waals surface area contributed by atoms with E-state index in [0.717, 1.165) is 25.6 Å². The Balaban J connectivity index is 2.13. The van der Waals surface area contributed by atoms with Crippen molar-refractivity contribution in [1.29, 1.82) is 0 Å². The van der Waals surface area contributed by atoms with Crippen LogP contribution in [0, 0.1) is 5.92 Å². The topological polar surface area (TPSA) is 37.4 Å². The lowest BCUT2D eigenvalue weighted by molar-refractivity contribution is 0.277. The van der Waals surface area contributed by atoms with Crippen molar-refractivity contribution in [2.45, 2.75) is 26.2 Å². The molecule has 0 atom stereocenters. The highest BCUT2D eigenvalue weighted by Crippen LogP contribution is 2.29. The summed E-state index contributed by atoms with van der Waals surface area (Å²) < 4.78 is 21.4. The van der Waals surface area contributed by atoms with Gasteiger partial charge in [0.1, 0.15) is 0 Å². The zero-order chi connectivity index (χ0) is 10.6. The monoisotopic (exact) mass is 239 g/mol. The molecule has 0 spiro atoms. The highest BCUT2D eigenvalue weighted by molar-refractivity contribution is 8.13. The molecule has 0 aromatic carbocycles. The van der Waals surface area contributed by atoms with Crippen molar-refractivity contribution in [2.75, 3.05) is 25.4 Å². The smallest absolute Gasteiger partial charge is 0.232 e. The summed E-state index contributed by atoms with van der Waals surface area (Å²) in [6.07, 6.45) is 3.32. The summed E-state index contributed by atoms with van der Waals surface area (Å²) in [4.78, 5) is 2.31. The fraction of sp³-hybridized carbons (Fsp3) is 1.00. The molecule has 0 amide bonds. The molecule has 0 bridgehead atoms. The van der Waals surface area contributed by atoms with Gasteiger partial charge in [-0.2, -0.15) is 0 Å². The molecule has 5 heteroatoms. The molecule has 0 unspecified atom stereocenters. The van der Waals surface area contributed by atoms with E-state index in [2.05, 4.69) is 11.8 Å². The standard InChI is InChI=1S/C9H18ClNO2S/c1-2-11(8-9-4-5-9)6-3-7-14(10,12)13/h9H,2-8H2,1H3. The lowest BCUT2D eigenvalue weighted by Gasteiger charge is -2.19. The van der Waals surface area contributed by atoms with Crippen molar-refractivity contribution in [3.8, 4) is 0 Å². The SMILES string of the molecule is CCN(CCCS(=O)(=O)Cl)CC1CC1. The molecule has 0 N–H and O–H groups in total. The van der Waals surface area contributed by atoms with Crippen molar-refractivity contribution in [1.82, 2.24) is 4.90 Å². The molecule has 1 aliphatic carbocycles. The van der Waals surface area contributed by atoms with Gasteiger partial charge >= 0.3 is 0 Å². The summed E-state index contributed by atoms with van der Waals surface area (Å²) in [6, 6.07) is 0. The molecule has 0 heterocycles. The largest absolute Gasteiger partial charge is 0.303 e. The summed E-state index contributed by atoms with van der Waals surface area (Å²) in [7, 11) is 1.84. The first-order valence-electron chi connectivity index (χ1n) is 5.16. The normalized spacial score (nSPS) is 17.6. The molecule has 1 fully saturated rings. The van der Waals surface area contributed by atoms with Gasteiger partial charge in [0.2, 0.25) is 9.05 Å².